The quantitative estimate of drug-likeness (QED) is 0.491. The van der Waals surface area contributed by atoms with E-state index in [9.17, 15) is 0 Å². The first kappa shape index (κ1) is 20.6. The molecule has 0 spiro atoms. The van der Waals surface area contributed by atoms with Gasteiger partial charge >= 0.3 is 35.6 Å². The van der Waals surface area contributed by atoms with Crippen LogP contribution in [0, 0.1) is 28.5 Å². The molecule has 0 aromatic rings. The molecule has 0 N–H and O–H groups in total. The predicted molar refractivity (Wildman–Crippen MR) is 96.6 cm³/mol. The van der Waals surface area contributed by atoms with Crippen LogP contribution < -0.4 is 0 Å². The third-order valence-corrected chi connectivity index (χ3v) is 7.57. The van der Waals surface area contributed by atoms with E-state index in [0.29, 0.717) is 0 Å². The van der Waals surface area contributed by atoms with E-state index in [4.69, 9.17) is 23.6 Å². The number of allylic oxidation sites excluding steroid dienone is 1. The van der Waals surface area contributed by atoms with Crippen LogP contribution in [-0.2, 0) is 17.0 Å². The van der Waals surface area contributed by atoms with Crippen molar-refractivity contribution in [1.29, 1.82) is 0 Å². The molecule has 1 saturated carbocycles. The van der Waals surface area contributed by atoms with Gasteiger partial charge < -0.3 is 4.98 Å². The van der Waals surface area contributed by atoms with Crippen molar-refractivity contribution in [3.63, 3.8) is 0 Å². The summed E-state index contributed by atoms with van der Waals surface area (Å²) in [6.45, 7) is 15.9. The second kappa shape index (κ2) is 8.09. The first-order chi connectivity index (χ1) is 9.55. The van der Waals surface area contributed by atoms with Gasteiger partial charge in [-0.3, -0.25) is 0 Å². The molecular weight excluding hydrogens is 373 g/mol. The summed E-state index contributed by atoms with van der Waals surface area (Å²) in [6, 6.07) is 0. The molecule has 2 rings (SSSR count). The second-order valence-corrected chi connectivity index (χ2v) is 14.0. The van der Waals surface area contributed by atoms with E-state index >= 15 is 0 Å². The van der Waals surface area contributed by atoms with Gasteiger partial charge in [-0.25, -0.2) is 0 Å². The van der Waals surface area contributed by atoms with E-state index in [1.807, 2.05) is 11.8 Å². The molecule has 1 aliphatic heterocycles. The standard InChI is InChI=1S/C15H23NSSi.2ClH.Ti/c1-10-11(2)14(12-8-9-17-13(10)12)18(6,7)16-15(3,4)5;;;/h8-9H,1-7H3;2*1H;/q-1;;;+2/p-2. The second-order valence-electron chi connectivity index (χ2n) is 6.70. The number of thioether (sulfide) groups is 1. The number of fused-ring (bicyclic) bond motifs is 1. The van der Waals surface area contributed by atoms with Gasteiger partial charge in [0.05, 0.1) is 5.25 Å². The molecule has 0 aromatic heterocycles. The number of hydrogen-bond donors (Lipinski definition) is 0. The Morgan fingerprint density at radius 2 is 1.67 bits per heavy atom. The molecule has 0 bridgehead atoms. The number of halogens is 2. The SMILES string of the molecule is C[C]1[C](C)[C]([Si](C)(C)[N-]C(C)(C)C)[C]2C=CS[C]12.[Cl][Ti][Cl]. The van der Waals surface area contributed by atoms with Crippen molar-refractivity contribution in [2.24, 2.45) is 0 Å². The molecule has 2 aliphatic rings. The van der Waals surface area contributed by atoms with Crippen LogP contribution in [0.4, 0.5) is 0 Å². The van der Waals surface area contributed by atoms with E-state index in [-0.39, 0.29) is 5.54 Å². The van der Waals surface area contributed by atoms with Gasteiger partial charge in [-0.05, 0) is 22.8 Å². The third kappa shape index (κ3) is 5.27. The molecule has 0 aromatic carbocycles. The van der Waals surface area contributed by atoms with E-state index in [1.165, 1.54) is 23.0 Å². The van der Waals surface area contributed by atoms with Gasteiger partial charge in [0.1, 0.15) is 0 Å². The Morgan fingerprint density at radius 1 is 1.14 bits per heavy atom. The molecule has 1 nitrogen and oxygen atoms in total. The van der Waals surface area contributed by atoms with Gasteiger partial charge in [-0.15, -0.1) is 17.3 Å². The van der Waals surface area contributed by atoms with E-state index < -0.39 is 25.3 Å². The van der Waals surface area contributed by atoms with Crippen molar-refractivity contribution >= 4 is 38.6 Å². The Morgan fingerprint density at radius 3 is 2.14 bits per heavy atom. The topological polar surface area (TPSA) is 14.1 Å². The van der Waals surface area contributed by atoms with Gasteiger partial charge in [0.2, 0.25) is 0 Å². The summed E-state index contributed by atoms with van der Waals surface area (Å²) in [5, 5.41) is 3.68. The van der Waals surface area contributed by atoms with Crippen LogP contribution in [0.25, 0.3) is 4.98 Å². The van der Waals surface area contributed by atoms with Gasteiger partial charge in [-0.1, -0.05) is 62.0 Å². The molecule has 0 unspecified atom stereocenters. The van der Waals surface area contributed by atoms with Crippen molar-refractivity contribution in [1.82, 2.24) is 0 Å². The average molecular weight is 396 g/mol. The van der Waals surface area contributed by atoms with Crippen LogP contribution in [0.15, 0.2) is 11.5 Å². The molecule has 1 aliphatic carbocycles. The maximum atomic E-state index is 5.16. The molecule has 1 fully saturated rings. The fourth-order valence-corrected chi connectivity index (χ4v) is 7.86. The molecule has 1 heterocycles. The van der Waals surface area contributed by atoms with Crippen LogP contribution in [0.5, 0.6) is 0 Å². The summed E-state index contributed by atoms with van der Waals surface area (Å²) in [5.74, 6) is 4.39. The van der Waals surface area contributed by atoms with E-state index in [0.717, 1.165) is 0 Å². The molecule has 117 valence electrons. The van der Waals surface area contributed by atoms with E-state index in [1.54, 1.807) is 5.54 Å². The zero-order valence-corrected chi connectivity index (χ0v) is 18.7. The van der Waals surface area contributed by atoms with Crippen molar-refractivity contribution in [2.75, 3.05) is 0 Å². The van der Waals surface area contributed by atoms with Gasteiger partial charge in [-0.2, -0.15) is 0 Å². The molecule has 0 saturated heterocycles. The number of nitrogens with zero attached hydrogens (tertiary/aromatic N) is 1. The van der Waals surface area contributed by atoms with Crippen LogP contribution in [-0.4, -0.2) is 13.8 Å². The Balaban J connectivity index is 0.000000677. The summed E-state index contributed by atoms with van der Waals surface area (Å²) >= 11 is 1.31. The molecular formula is C15H23Cl2NSSiTi-. The van der Waals surface area contributed by atoms with Gasteiger partial charge in [0, 0.05) is 5.92 Å². The Bertz CT molecular complexity index is 373. The van der Waals surface area contributed by atoms with Crippen LogP contribution in [0.2, 0.25) is 13.1 Å². The summed E-state index contributed by atoms with van der Waals surface area (Å²) in [4.78, 5) is 5.16. The fraction of sp³-hybridized carbons (Fsp3) is 0.533. The van der Waals surface area contributed by atoms with Crippen LogP contribution in [0.1, 0.15) is 34.6 Å². The predicted octanol–water partition coefficient (Wildman–Crippen LogP) is 6.42. The summed E-state index contributed by atoms with van der Waals surface area (Å²) < 4.78 is 0. The Hall–Kier alpha value is 1.56. The normalized spacial score (nSPS) is 22.3. The average Bonchev–Trinajstić information content (AvgIpc) is 2.81. The van der Waals surface area contributed by atoms with Crippen molar-refractivity contribution in [3.8, 4) is 0 Å². The minimum atomic E-state index is -1.74. The maximum absolute atomic E-state index is 5.16. The van der Waals surface area contributed by atoms with Crippen molar-refractivity contribution in [2.45, 2.75) is 53.3 Å². The fourth-order valence-electron chi connectivity index (χ4n) is 3.04. The first-order valence-corrected chi connectivity index (χ1v) is 15.0. The van der Waals surface area contributed by atoms with Gasteiger partial charge in [0.15, 0.2) is 0 Å². The number of rotatable bonds is 2. The molecule has 0 atom stereocenters. The summed E-state index contributed by atoms with van der Waals surface area (Å²) in [7, 11) is 8.04. The van der Waals surface area contributed by atoms with Crippen molar-refractivity contribution in [3.05, 3.63) is 45.0 Å². The monoisotopic (exact) mass is 395 g/mol. The van der Waals surface area contributed by atoms with Crippen LogP contribution in [0.3, 0.4) is 0 Å². The molecule has 6 heteroatoms. The Kier molecular flexibility index (Phi) is 7.94. The van der Waals surface area contributed by atoms with Crippen molar-refractivity contribution < 1.29 is 17.0 Å². The molecule has 5 radical (unpaired) electrons. The Labute approximate surface area is 153 Å². The summed E-state index contributed by atoms with van der Waals surface area (Å²) in [6.07, 6.45) is 2.28. The van der Waals surface area contributed by atoms with Gasteiger partial charge in [0.25, 0.3) is 0 Å². The van der Waals surface area contributed by atoms with Crippen LogP contribution >= 0.6 is 30.4 Å². The first-order valence-electron chi connectivity index (χ1n) is 6.89. The zero-order valence-electron chi connectivity index (χ0n) is 13.8. The molecule has 0 amide bonds. The summed E-state index contributed by atoms with van der Waals surface area (Å²) in [5.41, 5.74) is 1.60. The number of hydrogen-bond acceptors (Lipinski definition) is 1. The zero-order chi connectivity index (χ0) is 16.4. The third-order valence-electron chi connectivity index (χ3n) is 3.44. The van der Waals surface area contributed by atoms with E-state index in [2.05, 4.69) is 59.2 Å². The molecule has 21 heavy (non-hydrogen) atoms. The minimum absolute atomic E-state index is 0.0513.